The first kappa shape index (κ1) is 13.4. The number of aromatic amines is 1. The first-order chi connectivity index (χ1) is 10.4. The van der Waals surface area contributed by atoms with E-state index in [1.54, 1.807) is 0 Å². The van der Waals surface area contributed by atoms with Crippen molar-refractivity contribution in [2.75, 3.05) is 13.2 Å². The molecule has 3 aromatic rings. The number of benzene rings is 2. The minimum Gasteiger partial charge on any atom is -0.491 e. The Morgan fingerprint density at radius 1 is 1.10 bits per heavy atom. The van der Waals surface area contributed by atoms with Crippen LogP contribution < -0.4 is 4.74 Å². The molecule has 0 aliphatic rings. The van der Waals surface area contributed by atoms with Crippen LogP contribution in [0.15, 0.2) is 48.5 Å². The third-order valence-electron chi connectivity index (χ3n) is 3.15. The fourth-order valence-electron chi connectivity index (χ4n) is 2.16. The van der Waals surface area contributed by atoms with Gasteiger partial charge in [0, 0.05) is 5.39 Å². The van der Waals surface area contributed by atoms with Gasteiger partial charge in [0.1, 0.15) is 12.4 Å². The molecule has 0 unspecified atom stereocenters. The number of nitrogens with zero attached hydrogens (tertiary/aromatic N) is 1. The Bertz CT molecular complexity index is 762. The Morgan fingerprint density at radius 3 is 2.90 bits per heavy atom. The summed E-state index contributed by atoms with van der Waals surface area (Å²) in [7, 11) is 0. The fourth-order valence-corrected chi connectivity index (χ4v) is 2.16. The van der Waals surface area contributed by atoms with Crippen LogP contribution in [-0.2, 0) is 0 Å². The molecule has 0 saturated heterocycles. The van der Waals surface area contributed by atoms with E-state index in [1.165, 1.54) is 0 Å². The number of rotatable bonds is 5. The maximum atomic E-state index is 8.78. The second-order valence-electron chi connectivity index (χ2n) is 4.63. The first-order valence-electron chi connectivity index (χ1n) is 6.82. The highest BCUT2D eigenvalue weighted by atomic mass is 16.5. The molecular formula is C17H16N2O2. The molecule has 2 N–H and O–H groups in total. The van der Waals surface area contributed by atoms with Crippen molar-refractivity contribution in [3.63, 3.8) is 0 Å². The van der Waals surface area contributed by atoms with Gasteiger partial charge in [0.05, 0.1) is 17.8 Å². The number of aromatic nitrogens is 2. The number of aliphatic hydroxyl groups is 1. The summed E-state index contributed by atoms with van der Waals surface area (Å²) >= 11 is 0. The molecule has 21 heavy (non-hydrogen) atoms. The van der Waals surface area contributed by atoms with Gasteiger partial charge in [-0.1, -0.05) is 36.4 Å². The van der Waals surface area contributed by atoms with Crippen molar-refractivity contribution in [3.05, 3.63) is 59.8 Å². The topological polar surface area (TPSA) is 58.1 Å². The van der Waals surface area contributed by atoms with E-state index in [-0.39, 0.29) is 6.61 Å². The van der Waals surface area contributed by atoms with Crippen LogP contribution in [0.5, 0.6) is 5.75 Å². The van der Waals surface area contributed by atoms with Crippen LogP contribution in [-0.4, -0.2) is 28.5 Å². The SMILES string of the molecule is OCCOc1cccc(C=Cc2n[nH]c3ccccc23)c1. The summed E-state index contributed by atoms with van der Waals surface area (Å²) in [4.78, 5) is 0. The maximum Gasteiger partial charge on any atom is 0.120 e. The van der Waals surface area contributed by atoms with Crippen LogP contribution in [0.3, 0.4) is 0 Å². The molecule has 0 bridgehead atoms. The second-order valence-corrected chi connectivity index (χ2v) is 4.63. The summed E-state index contributed by atoms with van der Waals surface area (Å²) in [6, 6.07) is 15.8. The number of aliphatic hydroxyl groups excluding tert-OH is 1. The van der Waals surface area contributed by atoms with Gasteiger partial charge in [0.2, 0.25) is 0 Å². The van der Waals surface area contributed by atoms with Crippen molar-refractivity contribution < 1.29 is 9.84 Å². The van der Waals surface area contributed by atoms with E-state index in [0.717, 1.165) is 27.9 Å². The zero-order valence-corrected chi connectivity index (χ0v) is 11.5. The van der Waals surface area contributed by atoms with Gasteiger partial charge in [-0.3, -0.25) is 5.10 Å². The molecule has 106 valence electrons. The lowest BCUT2D eigenvalue weighted by Gasteiger charge is -2.04. The predicted molar refractivity (Wildman–Crippen MR) is 84.0 cm³/mol. The summed E-state index contributed by atoms with van der Waals surface area (Å²) in [6.07, 6.45) is 3.97. The molecule has 0 saturated carbocycles. The molecule has 0 radical (unpaired) electrons. The van der Waals surface area contributed by atoms with Crippen molar-refractivity contribution in [1.29, 1.82) is 0 Å². The molecule has 3 rings (SSSR count). The minimum atomic E-state index is 0.0132. The average Bonchev–Trinajstić information content (AvgIpc) is 2.95. The van der Waals surface area contributed by atoms with Crippen LogP contribution in [0.2, 0.25) is 0 Å². The Kier molecular flexibility index (Phi) is 3.98. The van der Waals surface area contributed by atoms with Crippen molar-refractivity contribution >= 4 is 23.1 Å². The Balaban J connectivity index is 1.82. The molecular weight excluding hydrogens is 264 g/mol. The monoisotopic (exact) mass is 280 g/mol. The molecule has 4 heteroatoms. The van der Waals surface area contributed by atoms with Gasteiger partial charge >= 0.3 is 0 Å². The molecule has 0 atom stereocenters. The molecule has 0 spiro atoms. The van der Waals surface area contributed by atoms with E-state index in [0.29, 0.717) is 6.61 Å². The fraction of sp³-hybridized carbons (Fsp3) is 0.118. The second kappa shape index (κ2) is 6.24. The maximum absolute atomic E-state index is 8.78. The normalized spacial score (nSPS) is 11.3. The van der Waals surface area contributed by atoms with Crippen molar-refractivity contribution in [2.45, 2.75) is 0 Å². The van der Waals surface area contributed by atoms with Crippen LogP contribution in [0.25, 0.3) is 23.1 Å². The third kappa shape index (κ3) is 3.12. The Labute approximate surface area is 122 Å². The molecule has 0 aliphatic heterocycles. The number of nitrogens with one attached hydrogen (secondary N) is 1. The van der Waals surface area contributed by atoms with Gasteiger partial charge in [0.15, 0.2) is 0 Å². The number of H-pyrrole nitrogens is 1. The van der Waals surface area contributed by atoms with E-state index in [9.17, 15) is 0 Å². The zero-order chi connectivity index (χ0) is 14.5. The minimum absolute atomic E-state index is 0.0132. The highest BCUT2D eigenvalue weighted by Crippen LogP contribution is 2.19. The van der Waals surface area contributed by atoms with Gasteiger partial charge in [-0.15, -0.1) is 0 Å². The highest BCUT2D eigenvalue weighted by molar-refractivity contribution is 5.89. The number of ether oxygens (including phenoxy) is 1. The van der Waals surface area contributed by atoms with Crippen LogP contribution in [0, 0.1) is 0 Å². The lowest BCUT2D eigenvalue weighted by Crippen LogP contribution is -2.01. The summed E-state index contributed by atoms with van der Waals surface area (Å²) in [5.74, 6) is 0.748. The highest BCUT2D eigenvalue weighted by Gasteiger charge is 2.01. The predicted octanol–water partition coefficient (Wildman–Crippen LogP) is 3.10. The van der Waals surface area contributed by atoms with E-state index in [1.807, 2.05) is 60.7 Å². The van der Waals surface area contributed by atoms with Crippen molar-refractivity contribution in [1.82, 2.24) is 10.2 Å². The summed E-state index contributed by atoms with van der Waals surface area (Å²) in [5, 5.41) is 17.2. The summed E-state index contributed by atoms with van der Waals surface area (Å²) in [5.41, 5.74) is 2.96. The third-order valence-corrected chi connectivity index (χ3v) is 3.15. The molecule has 4 nitrogen and oxygen atoms in total. The number of para-hydroxylation sites is 1. The number of hydrogen-bond donors (Lipinski definition) is 2. The van der Waals surface area contributed by atoms with E-state index >= 15 is 0 Å². The number of hydrogen-bond acceptors (Lipinski definition) is 3. The van der Waals surface area contributed by atoms with Gasteiger partial charge in [-0.2, -0.15) is 5.10 Å². The van der Waals surface area contributed by atoms with Crippen molar-refractivity contribution in [2.24, 2.45) is 0 Å². The molecule has 1 aromatic heterocycles. The van der Waals surface area contributed by atoms with E-state index in [4.69, 9.17) is 9.84 Å². The molecule has 1 heterocycles. The Hall–Kier alpha value is -2.59. The molecule has 0 aliphatic carbocycles. The summed E-state index contributed by atoms with van der Waals surface area (Å²) < 4.78 is 5.40. The van der Waals surface area contributed by atoms with E-state index in [2.05, 4.69) is 10.2 Å². The lowest BCUT2D eigenvalue weighted by atomic mass is 10.1. The van der Waals surface area contributed by atoms with Gasteiger partial charge in [0.25, 0.3) is 0 Å². The first-order valence-corrected chi connectivity index (χ1v) is 6.82. The summed E-state index contributed by atoms with van der Waals surface area (Å²) in [6.45, 7) is 0.316. The molecule has 0 amide bonds. The average molecular weight is 280 g/mol. The quantitative estimate of drug-likeness (QED) is 0.755. The van der Waals surface area contributed by atoms with Crippen LogP contribution >= 0.6 is 0 Å². The standard InChI is InChI=1S/C17H16N2O2/c20-10-11-21-14-5-3-4-13(12-14)8-9-17-15-6-1-2-7-16(15)18-19-17/h1-9,12,20H,10-11H2,(H,18,19). The molecule has 0 fully saturated rings. The number of fused-ring (bicyclic) bond motifs is 1. The van der Waals surface area contributed by atoms with Gasteiger partial charge in [-0.05, 0) is 29.8 Å². The lowest BCUT2D eigenvalue weighted by molar-refractivity contribution is 0.201. The van der Waals surface area contributed by atoms with Gasteiger partial charge < -0.3 is 9.84 Å². The zero-order valence-electron chi connectivity index (χ0n) is 11.5. The van der Waals surface area contributed by atoms with Crippen LogP contribution in [0.1, 0.15) is 11.3 Å². The largest absolute Gasteiger partial charge is 0.491 e. The smallest absolute Gasteiger partial charge is 0.120 e. The van der Waals surface area contributed by atoms with Gasteiger partial charge in [-0.25, -0.2) is 0 Å². The molecule has 2 aromatic carbocycles. The van der Waals surface area contributed by atoms with Crippen LogP contribution in [0.4, 0.5) is 0 Å². The van der Waals surface area contributed by atoms with Crippen molar-refractivity contribution in [3.8, 4) is 5.75 Å². The van der Waals surface area contributed by atoms with E-state index < -0.39 is 0 Å². The Morgan fingerprint density at radius 2 is 2.00 bits per heavy atom.